The highest BCUT2D eigenvalue weighted by molar-refractivity contribution is 9.10. The van der Waals surface area contributed by atoms with Gasteiger partial charge in [-0.1, -0.05) is 46.4 Å². The molecule has 4 heteroatoms. The van der Waals surface area contributed by atoms with E-state index in [-0.39, 0.29) is 6.04 Å². The highest BCUT2D eigenvalue weighted by Gasteiger charge is 2.19. The van der Waals surface area contributed by atoms with Crippen LogP contribution in [0.1, 0.15) is 44.2 Å². The summed E-state index contributed by atoms with van der Waals surface area (Å²) in [6.45, 7) is 4.27. The van der Waals surface area contributed by atoms with Crippen LogP contribution in [0.3, 0.4) is 0 Å². The van der Waals surface area contributed by atoms with Gasteiger partial charge in [0.05, 0.1) is 0 Å². The van der Waals surface area contributed by atoms with Gasteiger partial charge in [-0.15, -0.1) is 0 Å². The molecule has 0 aromatic heterocycles. The molecule has 0 spiro atoms. The summed E-state index contributed by atoms with van der Waals surface area (Å²) in [5.74, 6) is 0. The second kappa shape index (κ2) is 7.79. The van der Waals surface area contributed by atoms with Crippen molar-refractivity contribution in [3.63, 3.8) is 0 Å². The fraction of sp³-hybridized carbons (Fsp3) is 0.625. The monoisotopic (exact) mass is 358 g/mol. The van der Waals surface area contributed by atoms with Gasteiger partial charge in [0.1, 0.15) is 0 Å². The molecule has 1 aromatic rings. The van der Waals surface area contributed by atoms with Crippen LogP contribution in [0.25, 0.3) is 0 Å². The summed E-state index contributed by atoms with van der Waals surface area (Å²) in [5, 5.41) is 4.39. The molecule has 2 rings (SSSR count). The number of halogens is 2. The zero-order valence-electron chi connectivity index (χ0n) is 12.3. The van der Waals surface area contributed by atoms with Crippen LogP contribution in [0.2, 0.25) is 5.02 Å². The Labute approximate surface area is 136 Å². The van der Waals surface area contributed by atoms with Crippen molar-refractivity contribution in [2.45, 2.75) is 44.7 Å². The Morgan fingerprint density at radius 1 is 1.40 bits per heavy atom. The summed E-state index contributed by atoms with van der Waals surface area (Å²) < 4.78 is 1.03. The lowest BCUT2D eigenvalue weighted by Crippen LogP contribution is -2.36. The van der Waals surface area contributed by atoms with Crippen LogP contribution in [0, 0.1) is 0 Å². The fourth-order valence-corrected chi connectivity index (χ4v) is 3.78. The van der Waals surface area contributed by atoms with E-state index in [4.69, 9.17) is 11.6 Å². The Balaban J connectivity index is 1.78. The highest BCUT2D eigenvalue weighted by atomic mass is 79.9. The molecular formula is C16H24BrClN2. The number of hydrogen-bond donors (Lipinski definition) is 1. The third kappa shape index (κ3) is 4.45. The largest absolute Gasteiger partial charge is 0.309 e. The number of nitrogens with zero attached hydrogens (tertiary/aromatic N) is 1. The standard InChI is InChI=1S/C16H24BrClN2/c1-12(15-8-7-13(17)11-16(15)18)19-9-10-20(2)14-5-3-4-6-14/h7-8,11-12,14,19H,3-6,9-10H2,1-2H3. The molecule has 0 bridgehead atoms. The van der Waals surface area contributed by atoms with Crippen LogP contribution in [0.15, 0.2) is 22.7 Å². The van der Waals surface area contributed by atoms with Gasteiger partial charge in [-0.25, -0.2) is 0 Å². The molecule has 112 valence electrons. The van der Waals surface area contributed by atoms with E-state index in [9.17, 15) is 0 Å². The van der Waals surface area contributed by atoms with Crippen molar-refractivity contribution in [3.8, 4) is 0 Å². The number of likely N-dealkylation sites (N-methyl/N-ethyl adjacent to an activating group) is 1. The maximum absolute atomic E-state index is 6.29. The average molecular weight is 360 g/mol. The third-order valence-electron chi connectivity index (χ3n) is 4.29. The Morgan fingerprint density at radius 3 is 2.75 bits per heavy atom. The molecule has 0 saturated heterocycles. The lowest BCUT2D eigenvalue weighted by molar-refractivity contribution is 0.243. The zero-order valence-corrected chi connectivity index (χ0v) is 14.7. The Morgan fingerprint density at radius 2 is 2.10 bits per heavy atom. The van der Waals surface area contributed by atoms with Gasteiger partial charge in [0.2, 0.25) is 0 Å². The van der Waals surface area contributed by atoms with E-state index in [1.807, 2.05) is 12.1 Å². The van der Waals surface area contributed by atoms with Crippen molar-refractivity contribution in [3.05, 3.63) is 33.3 Å². The molecule has 1 fully saturated rings. The quantitative estimate of drug-likeness (QED) is 0.796. The van der Waals surface area contributed by atoms with Gasteiger partial charge in [0.25, 0.3) is 0 Å². The number of nitrogens with one attached hydrogen (secondary N) is 1. The highest BCUT2D eigenvalue weighted by Crippen LogP contribution is 2.26. The smallest absolute Gasteiger partial charge is 0.0464 e. The number of rotatable bonds is 6. The minimum absolute atomic E-state index is 0.285. The predicted molar refractivity (Wildman–Crippen MR) is 90.5 cm³/mol. The van der Waals surface area contributed by atoms with Crippen LogP contribution >= 0.6 is 27.5 Å². The molecule has 0 heterocycles. The first kappa shape index (κ1) is 16.3. The van der Waals surface area contributed by atoms with Gasteiger partial charge < -0.3 is 10.2 Å². The number of hydrogen-bond acceptors (Lipinski definition) is 2. The molecule has 0 radical (unpaired) electrons. The summed E-state index contributed by atoms with van der Waals surface area (Å²) in [4.78, 5) is 2.50. The Kier molecular flexibility index (Phi) is 6.34. The average Bonchev–Trinajstić information content (AvgIpc) is 2.92. The first-order valence-electron chi connectivity index (χ1n) is 7.46. The van der Waals surface area contributed by atoms with Gasteiger partial charge >= 0.3 is 0 Å². The van der Waals surface area contributed by atoms with Crippen LogP contribution in [-0.2, 0) is 0 Å². The molecule has 1 unspecified atom stereocenters. The van der Waals surface area contributed by atoms with Gasteiger partial charge in [-0.3, -0.25) is 0 Å². The van der Waals surface area contributed by atoms with Crippen molar-refractivity contribution >= 4 is 27.5 Å². The topological polar surface area (TPSA) is 15.3 Å². The minimum atomic E-state index is 0.285. The van der Waals surface area contributed by atoms with Crippen molar-refractivity contribution in [1.82, 2.24) is 10.2 Å². The third-order valence-corrected chi connectivity index (χ3v) is 5.11. The molecule has 1 aliphatic carbocycles. The van der Waals surface area contributed by atoms with E-state index < -0.39 is 0 Å². The first-order chi connectivity index (χ1) is 9.58. The van der Waals surface area contributed by atoms with Crippen molar-refractivity contribution in [2.24, 2.45) is 0 Å². The van der Waals surface area contributed by atoms with Crippen LogP contribution in [0.5, 0.6) is 0 Å². The van der Waals surface area contributed by atoms with Gasteiger partial charge in [0.15, 0.2) is 0 Å². The molecular weight excluding hydrogens is 336 g/mol. The maximum atomic E-state index is 6.29. The molecule has 2 nitrogen and oxygen atoms in total. The van der Waals surface area contributed by atoms with Crippen molar-refractivity contribution < 1.29 is 0 Å². The molecule has 1 saturated carbocycles. The molecule has 0 aliphatic heterocycles. The van der Waals surface area contributed by atoms with E-state index in [0.717, 1.165) is 28.6 Å². The molecule has 1 aromatic carbocycles. The van der Waals surface area contributed by atoms with Gasteiger partial charge in [0, 0.05) is 34.7 Å². The number of benzene rings is 1. The fourth-order valence-electron chi connectivity index (χ4n) is 2.95. The SMILES string of the molecule is CC(NCCN(C)C1CCCC1)c1ccc(Br)cc1Cl. The van der Waals surface area contributed by atoms with E-state index in [0.29, 0.717) is 0 Å². The maximum Gasteiger partial charge on any atom is 0.0464 e. The Bertz CT molecular complexity index is 432. The van der Waals surface area contributed by atoms with E-state index >= 15 is 0 Å². The summed E-state index contributed by atoms with van der Waals surface area (Å²) in [5.41, 5.74) is 1.17. The summed E-state index contributed by atoms with van der Waals surface area (Å²) in [6.07, 6.45) is 5.52. The van der Waals surface area contributed by atoms with Crippen LogP contribution < -0.4 is 5.32 Å². The zero-order chi connectivity index (χ0) is 14.5. The second-order valence-electron chi connectivity index (χ2n) is 5.76. The Hall–Kier alpha value is -0.0900. The van der Waals surface area contributed by atoms with E-state index in [1.165, 1.54) is 31.2 Å². The van der Waals surface area contributed by atoms with Crippen molar-refractivity contribution in [1.29, 1.82) is 0 Å². The van der Waals surface area contributed by atoms with Gasteiger partial charge in [-0.05, 0) is 44.5 Å². The second-order valence-corrected chi connectivity index (χ2v) is 7.08. The molecule has 0 amide bonds. The predicted octanol–water partition coefficient (Wildman–Crippen LogP) is 4.63. The molecule has 20 heavy (non-hydrogen) atoms. The van der Waals surface area contributed by atoms with Crippen molar-refractivity contribution in [2.75, 3.05) is 20.1 Å². The summed E-state index contributed by atoms with van der Waals surface area (Å²) in [6, 6.07) is 7.17. The molecule has 1 N–H and O–H groups in total. The van der Waals surface area contributed by atoms with E-state index in [2.05, 4.69) is 46.2 Å². The van der Waals surface area contributed by atoms with Crippen LogP contribution in [0.4, 0.5) is 0 Å². The lowest BCUT2D eigenvalue weighted by atomic mass is 10.1. The van der Waals surface area contributed by atoms with Crippen LogP contribution in [-0.4, -0.2) is 31.1 Å². The van der Waals surface area contributed by atoms with Gasteiger partial charge in [-0.2, -0.15) is 0 Å². The van der Waals surface area contributed by atoms with E-state index in [1.54, 1.807) is 0 Å². The normalized spacial score (nSPS) is 17.9. The summed E-state index contributed by atoms with van der Waals surface area (Å²) >= 11 is 9.73. The lowest BCUT2D eigenvalue weighted by Gasteiger charge is -2.25. The minimum Gasteiger partial charge on any atom is -0.309 e. The summed E-state index contributed by atoms with van der Waals surface area (Å²) in [7, 11) is 2.24. The first-order valence-corrected chi connectivity index (χ1v) is 8.63. The molecule has 1 aliphatic rings. The molecule has 1 atom stereocenters.